The van der Waals surface area contributed by atoms with Crippen LogP contribution >= 0.6 is 0 Å². The zero-order valence-electron chi connectivity index (χ0n) is 19.5. The van der Waals surface area contributed by atoms with Gasteiger partial charge in [-0.1, -0.05) is 6.07 Å². The number of aliphatic carboxylic acids is 1. The maximum atomic E-state index is 14.0. The lowest BCUT2D eigenvalue weighted by Crippen LogP contribution is -2.42. The van der Waals surface area contributed by atoms with Crippen molar-refractivity contribution >= 4 is 21.7 Å². The van der Waals surface area contributed by atoms with Crippen LogP contribution in [-0.4, -0.2) is 59.2 Å². The standard InChI is InChI=1S/C23H23F3N4O6S/c1-36-18-8-15(7-16(18)21(33)29-22(12-27)4-5-22)37(34,35)19-3-2-13(6-17(19)23(24,25)26)14-9-28-30(10-14)11-20(31)32/h2-3,6,9-10,15-16,18H,4-5,7-8,11H2,1H3,(H,29,33)(H,31,32)/t15-,16-,18-/m0/s1. The summed E-state index contributed by atoms with van der Waals surface area (Å²) in [5.74, 6) is -2.69. The van der Waals surface area contributed by atoms with Gasteiger partial charge in [-0.05, 0) is 43.4 Å². The second kappa shape index (κ2) is 9.46. The van der Waals surface area contributed by atoms with Gasteiger partial charge in [-0.2, -0.15) is 23.5 Å². The largest absolute Gasteiger partial charge is 0.480 e. The molecule has 1 heterocycles. The number of benzene rings is 1. The van der Waals surface area contributed by atoms with E-state index < -0.39 is 67.7 Å². The fraction of sp³-hybridized carbons (Fsp3) is 0.478. The minimum Gasteiger partial charge on any atom is -0.480 e. The van der Waals surface area contributed by atoms with Gasteiger partial charge in [0.25, 0.3) is 0 Å². The van der Waals surface area contributed by atoms with E-state index in [1.165, 1.54) is 25.6 Å². The molecular formula is C23H23F3N4O6S. The molecule has 0 saturated heterocycles. The number of halogens is 3. The van der Waals surface area contributed by atoms with E-state index in [4.69, 9.17) is 9.84 Å². The molecule has 2 N–H and O–H groups in total. The Labute approximate surface area is 209 Å². The molecule has 0 spiro atoms. The summed E-state index contributed by atoms with van der Waals surface area (Å²) in [6, 6.07) is 4.76. The second-order valence-electron chi connectivity index (χ2n) is 9.23. The van der Waals surface area contributed by atoms with Crippen molar-refractivity contribution in [3.05, 3.63) is 36.2 Å². The summed E-state index contributed by atoms with van der Waals surface area (Å²) in [6.07, 6.45) is -2.93. The van der Waals surface area contributed by atoms with E-state index in [0.29, 0.717) is 18.9 Å². The summed E-state index contributed by atoms with van der Waals surface area (Å²) < 4.78 is 75.3. The Morgan fingerprint density at radius 1 is 1.30 bits per heavy atom. The van der Waals surface area contributed by atoms with Gasteiger partial charge in [0.1, 0.15) is 12.1 Å². The lowest BCUT2D eigenvalue weighted by molar-refractivity contribution is -0.140. The molecule has 0 bridgehead atoms. The molecule has 3 atom stereocenters. The van der Waals surface area contributed by atoms with Crippen molar-refractivity contribution in [2.24, 2.45) is 5.92 Å². The number of sulfone groups is 1. The Balaban J connectivity index is 1.64. The molecule has 0 unspecified atom stereocenters. The molecule has 2 aliphatic carbocycles. The van der Waals surface area contributed by atoms with E-state index in [1.807, 2.05) is 6.07 Å². The highest BCUT2D eigenvalue weighted by molar-refractivity contribution is 7.92. The van der Waals surface area contributed by atoms with Crippen LogP contribution in [0, 0.1) is 17.2 Å². The van der Waals surface area contributed by atoms with Crippen molar-refractivity contribution in [2.75, 3.05) is 7.11 Å². The van der Waals surface area contributed by atoms with E-state index >= 15 is 0 Å². The Kier molecular flexibility index (Phi) is 6.80. The highest BCUT2D eigenvalue weighted by Crippen LogP contribution is 2.43. The monoisotopic (exact) mass is 540 g/mol. The van der Waals surface area contributed by atoms with E-state index in [9.17, 15) is 36.4 Å². The first-order chi connectivity index (χ1) is 17.3. The third-order valence-corrected chi connectivity index (χ3v) is 8.95. The fourth-order valence-corrected chi connectivity index (χ4v) is 6.56. The first-order valence-corrected chi connectivity index (χ1v) is 12.8. The van der Waals surface area contributed by atoms with E-state index in [1.54, 1.807) is 0 Å². The first kappa shape index (κ1) is 26.6. The predicted molar refractivity (Wildman–Crippen MR) is 121 cm³/mol. The number of ether oxygens (including phenoxy) is 1. The van der Waals surface area contributed by atoms with Gasteiger partial charge >= 0.3 is 12.1 Å². The highest BCUT2D eigenvalue weighted by atomic mass is 32.2. The van der Waals surface area contributed by atoms with E-state index in [2.05, 4.69) is 10.4 Å². The van der Waals surface area contributed by atoms with Crippen molar-refractivity contribution in [3.63, 3.8) is 0 Å². The molecular weight excluding hydrogens is 517 g/mol. The molecule has 10 nitrogen and oxygen atoms in total. The average molecular weight is 541 g/mol. The van der Waals surface area contributed by atoms with Gasteiger partial charge in [-0.25, -0.2) is 8.42 Å². The number of hydrogen-bond donors (Lipinski definition) is 2. The lowest BCUT2D eigenvalue weighted by Gasteiger charge is -2.19. The van der Waals surface area contributed by atoms with Crippen LogP contribution in [0.4, 0.5) is 13.2 Å². The van der Waals surface area contributed by atoms with E-state index in [-0.39, 0.29) is 24.0 Å². The number of nitrogens with one attached hydrogen (secondary N) is 1. The van der Waals surface area contributed by atoms with Gasteiger partial charge in [-0.15, -0.1) is 0 Å². The number of carboxylic acids is 1. The normalized spacial score (nSPS) is 22.8. The number of aromatic nitrogens is 2. The summed E-state index contributed by atoms with van der Waals surface area (Å²) in [5, 5.41) is 23.2. The van der Waals surface area contributed by atoms with Crippen LogP contribution in [-0.2, 0) is 36.9 Å². The molecule has 0 aliphatic heterocycles. The first-order valence-electron chi connectivity index (χ1n) is 11.3. The zero-order valence-corrected chi connectivity index (χ0v) is 20.3. The van der Waals surface area contributed by atoms with Crippen molar-refractivity contribution in [1.82, 2.24) is 15.1 Å². The van der Waals surface area contributed by atoms with Crippen LogP contribution in [0.5, 0.6) is 0 Å². The topological polar surface area (TPSA) is 151 Å². The maximum absolute atomic E-state index is 14.0. The van der Waals surface area contributed by atoms with Gasteiger partial charge in [0.05, 0.1) is 40.0 Å². The summed E-state index contributed by atoms with van der Waals surface area (Å²) >= 11 is 0. The zero-order chi connectivity index (χ0) is 27.2. The molecule has 1 aromatic heterocycles. The number of carbonyl (C=O) groups excluding carboxylic acids is 1. The van der Waals surface area contributed by atoms with Gasteiger partial charge < -0.3 is 15.2 Å². The van der Waals surface area contributed by atoms with Crippen LogP contribution in [0.15, 0.2) is 35.5 Å². The number of methoxy groups -OCH3 is 1. The number of nitrogens with zero attached hydrogens (tertiary/aromatic N) is 3. The average Bonchev–Trinajstić information content (AvgIpc) is 3.23. The third kappa shape index (κ3) is 5.33. The number of amides is 1. The predicted octanol–water partition coefficient (Wildman–Crippen LogP) is 2.39. The highest BCUT2D eigenvalue weighted by Gasteiger charge is 2.51. The van der Waals surface area contributed by atoms with Crippen molar-refractivity contribution in [1.29, 1.82) is 5.26 Å². The van der Waals surface area contributed by atoms with Crippen molar-refractivity contribution in [3.8, 4) is 17.2 Å². The van der Waals surface area contributed by atoms with Crippen molar-refractivity contribution < 1.29 is 41.0 Å². The summed E-state index contributed by atoms with van der Waals surface area (Å²) in [4.78, 5) is 22.7. The van der Waals surface area contributed by atoms with E-state index in [0.717, 1.165) is 10.7 Å². The molecule has 2 aromatic rings. The minimum atomic E-state index is -5.02. The summed E-state index contributed by atoms with van der Waals surface area (Å²) in [6.45, 7) is -0.495. The molecule has 1 aromatic carbocycles. The minimum absolute atomic E-state index is 0.00703. The number of rotatable bonds is 8. The maximum Gasteiger partial charge on any atom is 0.417 e. The van der Waals surface area contributed by atoms with Gasteiger partial charge in [0.2, 0.25) is 5.91 Å². The molecule has 2 aliphatic rings. The Morgan fingerprint density at radius 3 is 2.57 bits per heavy atom. The molecule has 14 heteroatoms. The van der Waals surface area contributed by atoms with Gasteiger partial charge in [0, 0.05) is 18.9 Å². The Morgan fingerprint density at radius 2 is 2.00 bits per heavy atom. The Hall–Kier alpha value is -3.44. The third-order valence-electron chi connectivity index (χ3n) is 6.72. The smallest absolute Gasteiger partial charge is 0.417 e. The second-order valence-corrected chi connectivity index (χ2v) is 11.4. The quantitative estimate of drug-likeness (QED) is 0.518. The summed E-state index contributed by atoms with van der Waals surface area (Å²) in [7, 11) is -3.26. The fourth-order valence-electron chi connectivity index (χ4n) is 4.56. The number of hydrogen-bond acceptors (Lipinski definition) is 7. The molecule has 0 radical (unpaired) electrons. The number of alkyl halides is 3. The van der Waals surface area contributed by atoms with Crippen LogP contribution in [0.3, 0.4) is 0 Å². The van der Waals surface area contributed by atoms with Crippen LogP contribution < -0.4 is 5.32 Å². The van der Waals surface area contributed by atoms with Gasteiger partial charge in [-0.3, -0.25) is 14.3 Å². The SMILES string of the molecule is CO[C@H]1C[C@@H](S(=O)(=O)c2ccc(-c3cnn(CC(=O)O)c3)cc2C(F)(F)F)C[C@@H]1C(=O)NC1(C#N)CC1. The molecule has 4 rings (SSSR count). The lowest BCUT2D eigenvalue weighted by atomic mass is 10.0. The van der Waals surface area contributed by atoms with Crippen LogP contribution in [0.2, 0.25) is 0 Å². The molecule has 2 fully saturated rings. The Bertz CT molecular complexity index is 1380. The molecule has 198 valence electrons. The van der Waals surface area contributed by atoms with Crippen LogP contribution in [0.25, 0.3) is 11.1 Å². The molecule has 2 saturated carbocycles. The number of nitriles is 1. The molecule has 37 heavy (non-hydrogen) atoms. The number of carboxylic acid groups (broad SMARTS) is 1. The molecule has 1 amide bonds. The number of carbonyl (C=O) groups is 2. The van der Waals surface area contributed by atoms with Gasteiger partial charge in [0.15, 0.2) is 9.84 Å². The summed E-state index contributed by atoms with van der Waals surface area (Å²) in [5.41, 5.74) is -2.17. The van der Waals surface area contributed by atoms with Crippen LogP contribution in [0.1, 0.15) is 31.2 Å². The van der Waals surface area contributed by atoms with Crippen molar-refractivity contribution in [2.45, 2.75) is 60.2 Å².